The number of unbranched alkanes of at least 4 members (excludes halogenated alkanes) is 1. The van der Waals surface area contributed by atoms with Crippen LogP contribution in [0.2, 0.25) is 5.15 Å². The van der Waals surface area contributed by atoms with Gasteiger partial charge in [-0.25, -0.2) is 9.97 Å². The topological polar surface area (TPSA) is 78.1 Å². The van der Waals surface area contributed by atoms with Gasteiger partial charge in [-0.1, -0.05) is 52.1 Å². The highest BCUT2D eigenvalue weighted by atomic mass is 35.5. The summed E-state index contributed by atoms with van der Waals surface area (Å²) in [5.41, 5.74) is 7.16. The van der Waals surface area contributed by atoms with Crippen molar-refractivity contribution in [1.29, 1.82) is 0 Å². The van der Waals surface area contributed by atoms with E-state index >= 15 is 0 Å². The number of rotatable bonds is 5. The van der Waals surface area contributed by atoms with Crippen molar-refractivity contribution in [2.75, 3.05) is 0 Å². The monoisotopic (exact) mass is 393 g/mol. The van der Waals surface area contributed by atoms with Gasteiger partial charge in [-0.15, -0.1) is 0 Å². The first kappa shape index (κ1) is 23.3. The lowest BCUT2D eigenvalue weighted by Crippen LogP contribution is -2.32. The third-order valence-electron chi connectivity index (χ3n) is 4.68. The number of halogens is 1. The van der Waals surface area contributed by atoms with Crippen LogP contribution in [0.1, 0.15) is 71.4 Å². The van der Waals surface area contributed by atoms with Gasteiger partial charge in [0.25, 0.3) is 0 Å². The third-order valence-corrected chi connectivity index (χ3v) is 4.89. The Balaban J connectivity index is 0.000000541. The summed E-state index contributed by atoms with van der Waals surface area (Å²) in [6, 6.07) is 1.79. The van der Waals surface area contributed by atoms with Crippen molar-refractivity contribution in [3.63, 3.8) is 0 Å². The van der Waals surface area contributed by atoms with Gasteiger partial charge in [0.1, 0.15) is 18.0 Å². The lowest BCUT2D eigenvalue weighted by molar-refractivity contribution is -0.0979. The van der Waals surface area contributed by atoms with Crippen molar-refractivity contribution >= 4 is 29.2 Å². The number of carbonyl (C=O) groups is 1. The molecule has 0 bridgehead atoms. The van der Waals surface area contributed by atoms with E-state index < -0.39 is 0 Å². The van der Waals surface area contributed by atoms with Crippen LogP contribution in [-0.2, 0) is 4.79 Å². The van der Waals surface area contributed by atoms with Crippen LogP contribution in [0.3, 0.4) is 0 Å². The molecule has 0 saturated heterocycles. The summed E-state index contributed by atoms with van der Waals surface area (Å²) in [5.74, 6) is 1.37. The molecule has 150 valence electrons. The first-order valence-corrected chi connectivity index (χ1v) is 10.0. The van der Waals surface area contributed by atoms with Crippen LogP contribution in [0.5, 0.6) is 5.88 Å². The number of ether oxygens (including phenoxy) is 1. The quantitative estimate of drug-likeness (QED) is 0.679. The highest BCUT2D eigenvalue weighted by molar-refractivity contribution is 6.30. The number of pyridine rings is 2. The fraction of sp³-hybridized carbons (Fsp3) is 0.571. The Morgan fingerprint density at radius 1 is 1.19 bits per heavy atom. The predicted octanol–water partition coefficient (Wildman–Crippen LogP) is 5.49. The van der Waals surface area contributed by atoms with Gasteiger partial charge in [-0.2, -0.15) is 0 Å². The van der Waals surface area contributed by atoms with E-state index in [1.807, 2.05) is 19.1 Å². The second-order valence-corrected chi connectivity index (χ2v) is 7.29. The number of hydrogen-bond acceptors (Lipinski definition) is 5. The number of nitrogens with zero attached hydrogens (tertiary/aromatic N) is 2. The van der Waals surface area contributed by atoms with Gasteiger partial charge in [0, 0.05) is 18.4 Å². The van der Waals surface area contributed by atoms with Crippen LogP contribution in [0, 0.1) is 5.92 Å². The molecule has 1 saturated carbocycles. The molecule has 0 amide bonds. The Kier molecular flexibility index (Phi) is 10.3. The molecule has 2 heterocycles. The second kappa shape index (κ2) is 11.9. The number of hydrogen-bond donors (Lipinski definition) is 1. The molecule has 1 atom stereocenters. The summed E-state index contributed by atoms with van der Waals surface area (Å²) in [7, 11) is 0. The molecule has 1 unspecified atom stereocenters. The molecule has 1 aliphatic carbocycles. The van der Waals surface area contributed by atoms with Crippen molar-refractivity contribution in [2.45, 2.75) is 71.9 Å². The van der Waals surface area contributed by atoms with Crippen molar-refractivity contribution in [2.24, 2.45) is 11.7 Å². The van der Waals surface area contributed by atoms with E-state index in [-0.39, 0.29) is 12.1 Å². The van der Waals surface area contributed by atoms with E-state index in [1.54, 1.807) is 6.20 Å². The van der Waals surface area contributed by atoms with Crippen LogP contribution in [-0.4, -0.2) is 22.9 Å². The lowest BCUT2D eigenvalue weighted by Gasteiger charge is -2.32. The highest BCUT2D eigenvalue weighted by Crippen LogP contribution is 2.35. The summed E-state index contributed by atoms with van der Waals surface area (Å²) in [6.45, 7) is 10.6. The maximum Gasteiger partial charge on any atom is 0.223 e. The molecular formula is C21H32ClN3O2. The Hall–Kier alpha value is -1.72. The number of aromatic nitrogens is 2. The standard InChI is InChI=1S/C16H20ClN3O.C4H10.CH2O/c1-3-14(18)12-7-20-16(21-10-4-9(2)5-10)13-8-19-15(17)6-11(12)13;1-3-4-2;1-2/h6-10,14H,3-5,18H2,1-2H3;3-4H2,1-2H3;1H2. The molecule has 1 aliphatic rings. The van der Waals surface area contributed by atoms with Crippen molar-refractivity contribution in [3.05, 3.63) is 29.2 Å². The van der Waals surface area contributed by atoms with E-state index in [9.17, 15) is 0 Å². The number of carbonyl (C=O) groups excluding carboxylic acids is 1. The van der Waals surface area contributed by atoms with Crippen LogP contribution < -0.4 is 10.5 Å². The van der Waals surface area contributed by atoms with Crippen LogP contribution >= 0.6 is 11.6 Å². The Morgan fingerprint density at radius 2 is 1.81 bits per heavy atom. The van der Waals surface area contributed by atoms with Gasteiger partial charge in [0.05, 0.1) is 5.39 Å². The van der Waals surface area contributed by atoms with Crippen molar-refractivity contribution in [3.8, 4) is 5.88 Å². The van der Waals surface area contributed by atoms with Crippen molar-refractivity contribution < 1.29 is 9.53 Å². The maximum absolute atomic E-state index is 8.00. The smallest absolute Gasteiger partial charge is 0.223 e. The Bertz CT molecular complexity index is 703. The van der Waals surface area contributed by atoms with Gasteiger partial charge in [0.15, 0.2) is 0 Å². The van der Waals surface area contributed by atoms with Crippen LogP contribution in [0.15, 0.2) is 18.5 Å². The summed E-state index contributed by atoms with van der Waals surface area (Å²) in [4.78, 5) is 16.6. The predicted molar refractivity (Wildman–Crippen MR) is 112 cm³/mol. The second-order valence-electron chi connectivity index (χ2n) is 6.90. The third kappa shape index (κ3) is 6.43. The Morgan fingerprint density at radius 3 is 2.33 bits per heavy atom. The molecule has 0 radical (unpaired) electrons. The normalized spacial score (nSPS) is 19.0. The first-order valence-electron chi connectivity index (χ1n) is 9.65. The summed E-state index contributed by atoms with van der Waals surface area (Å²) in [6.07, 6.45) is 9.45. The summed E-state index contributed by atoms with van der Waals surface area (Å²) in [5, 5.41) is 2.34. The van der Waals surface area contributed by atoms with Gasteiger partial charge in [0.2, 0.25) is 5.88 Å². The minimum atomic E-state index is -0.0590. The zero-order valence-corrected chi connectivity index (χ0v) is 17.6. The maximum atomic E-state index is 8.00. The molecule has 2 aromatic heterocycles. The Labute approximate surface area is 167 Å². The van der Waals surface area contributed by atoms with E-state index in [4.69, 9.17) is 26.9 Å². The van der Waals surface area contributed by atoms with E-state index in [1.165, 1.54) is 12.8 Å². The molecule has 2 aromatic rings. The van der Waals surface area contributed by atoms with E-state index in [2.05, 4.69) is 37.7 Å². The molecule has 0 spiro atoms. The number of fused-ring (bicyclic) bond motifs is 1. The van der Waals surface area contributed by atoms with Gasteiger partial charge in [-0.3, -0.25) is 0 Å². The molecule has 0 aromatic carbocycles. The van der Waals surface area contributed by atoms with Crippen LogP contribution in [0.25, 0.3) is 10.8 Å². The van der Waals surface area contributed by atoms with Gasteiger partial charge < -0.3 is 15.3 Å². The molecule has 6 heteroatoms. The highest BCUT2D eigenvalue weighted by Gasteiger charge is 2.28. The summed E-state index contributed by atoms with van der Waals surface area (Å²) < 4.78 is 6.01. The largest absolute Gasteiger partial charge is 0.474 e. The minimum absolute atomic E-state index is 0.0590. The van der Waals surface area contributed by atoms with Crippen molar-refractivity contribution in [1.82, 2.24) is 9.97 Å². The average Bonchev–Trinajstić information content (AvgIpc) is 2.67. The zero-order valence-electron chi connectivity index (χ0n) is 16.9. The molecule has 2 N–H and O–H groups in total. The zero-order chi connectivity index (χ0) is 20.4. The van der Waals surface area contributed by atoms with Gasteiger partial charge in [-0.05, 0) is 42.2 Å². The molecule has 0 aliphatic heterocycles. The van der Waals surface area contributed by atoms with E-state index in [0.717, 1.165) is 41.5 Å². The molecule has 3 rings (SSSR count). The molecule has 27 heavy (non-hydrogen) atoms. The van der Waals surface area contributed by atoms with Crippen LogP contribution in [0.4, 0.5) is 0 Å². The van der Waals surface area contributed by atoms with E-state index in [0.29, 0.717) is 11.0 Å². The molecule has 1 fully saturated rings. The molecular weight excluding hydrogens is 362 g/mol. The number of nitrogens with two attached hydrogens (primary N) is 1. The first-order chi connectivity index (χ1) is 13.0. The van der Waals surface area contributed by atoms with Gasteiger partial charge >= 0.3 is 0 Å². The summed E-state index contributed by atoms with van der Waals surface area (Å²) >= 11 is 6.04. The fourth-order valence-corrected chi connectivity index (χ4v) is 2.96. The minimum Gasteiger partial charge on any atom is -0.474 e. The molecule has 5 nitrogen and oxygen atoms in total. The average molecular weight is 394 g/mol. The lowest BCUT2D eigenvalue weighted by atomic mass is 9.84. The fourth-order valence-electron chi connectivity index (χ4n) is 2.80. The SMILES string of the molecule is C=O.CCC(N)c1cnc(OC2CC(C)C2)c2cnc(Cl)cc12.CCCC.